The van der Waals surface area contributed by atoms with Crippen LogP contribution in [0.15, 0.2) is 29.0 Å². The Labute approximate surface area is 203 Å². The van der Waals surface area contributed by atoms with Crippen molar-refractivity contribution in [3.8, 4) is 0 Å². The number of amides is 1. The van der Waals surface area contributed by atoms with Gasteiger partial charge in [-0.3, -0.25) is 4.79 Å². The molecule has 1 saturated heterocycles. The molecule has 3 N–H and O–H groups in total. The van der Waals surface area contributed by atoms with Gasteiger partial charge in [0.25, 0.3) is 5.91 Å². The van der Waals surface area contributed by atoms with E-state index in [9.17, 15) is 9.90 Å². The molecule has 0 radical (unpaired) electrons. The van der Waals surface area contributed by atoms with Gasteiger partial charge in [0.1, 0.15) is 23.0 Å². The Morgan fingerprint density at radius 3 is 2.62 bits per heavy atom. The number of piperidine rings is 1. The maximum absolute atomic E-state index is 14.0. The van der Waals surface area contributed by atoms with Crippen molar-refractivity contribution < 1.29 is 14.3 Å². The van der Waals surface area contributed by atoms with Crippen molar-refractivity contribution in [2.45, 2.75) is 78.5 Å². The van der Waals surface area contributed by atoms with Crippen LogP contribution in [0.5, 0.6) is 0 Å². The summed E-state index contributed by atoms with van der Waals surface area (Å²) in [5.41, 5.74) is -0.621. The van der Waals surface area contributed by atoms with E-state index in [-0.39, 0.29) is 23.3 Å². The predicted octanol–water partition coefficient (Wildman–Crippen LogP) is 3.83. The fourth-order valence-electron chi connectivity index (χ4n) is 4.26. The minimum atomic E-state index is -0.814. The number of nitrogens with one attached hydrogen (secondary N) is 2. The number of aliphatic hydroxyl groups is 1. The molecule has 8 heteroatoms. The molecule has 188 valence electrons. The number of nitrogens with zero attached hydrogens (tertiary/aromatic N) is 3. The van der Waals surface area contributed by atoms with Crippen LogP contribution in [-0.4, -0.2) is 57.2 Å². The zero-order valence-electron chi connectivity index (χ0n) is 21.7. The Morgan fingerprint density at radius 2 is 2.03 bits per heavy atom. The average molecular weight is 472 g/mol. The summed E-state index contributed by atoms with van der Waals surface area (Å²) < 4.78 is 5.46. The highest BCUT2D eigenvalue weighted by Gasteiger charge is 2.37. The lowest BCUT2D eigenvalue weighted by atomic mass is 9.82. The molecule has 0 bridgehead atoms. The van der Waals surface area contributed by atoms with Crippen molar-refractivity contribution >= 4 is 11.7 Å². The van der Waals surface area contributed by atoms with Gasteiger partial charge in [-0.05, 0) is 38.3 Å². The van der Waals surface area contributed by atoms with Crippen molar-refractivity contribution in [3.63, 3.8) is 0 Å². The number of furan rings is 1. The highest BCUT2D eigenvalue weighted by molar-refractivity contribution is 5.98. The van der Waals surface area contributed by atoms with E-state index in [1.54, 1.807) is 12.5 Å². The lowest BCUT2D eigenvalue weighted by Gasteiger charge is -2.42. The third-order valence-electron chi connectivity index (χ3n) is 6.29. The smallest absolute Gasteiger partial charge is 0.259 e. The van der Waals surface area contributed by atoms with Gasteiger partial charge in [-0.2, -0.15) is 0 Å². The molecule has 3 heterocycles. The lowest BCUT2D eigenvalue weighted by Crippen LogP contribution is -2.55. The molecule has 1 aliphatic heterocycles. The van der Waals surface area contributed by atoms with Gasteiger partial charge in [-0.15, -0.1) is 0 Å². The summed E-state index contributed by atoms with van der Waals surface area (Å²) in [5, 5.41) is 17.3. The number of hydrogen-bond donors (Lipinski definition) is 3. The van der Waals surface area contributed by atoms with Crippen LogP contribution in [0.25, 0.3) is 0 Å². The molecule has 0 aliphatic carbocycles. The van der Waals surface area contributed by atoms with Gasteiger partial charge < -0.3 is 25.1 Å². The van der Waals surface area contributed by atoms with E-state index >= 15 is 0 Å². The van der Waals surface area contributed by atoms with Crippen LogP contribution in [-0.2, 0) is 12.0 Å². The van der Waals surface area contributed by atoms with Gasteiger partial charge in [-0.25, -0.2) is 9.97 Å². The summed E-state index contributed by atoms with van der Waals surface area (Å²) in [6.07, 6.45) is 4.02. The van der Waals surface area contributed by atoms with Crippen LogP contribution in [0.2, 0.25) is 0 Å². The van der Waals surface area contributed by atoms with Crippen LogP contribution >= 0.6 is 0 Å². The zero-order chi connectivity index (χ0) is 25.1. The molecule has 1 aliphatic rings. The average Bonchev–Trinajstić information content (AvgIpc) is 3.28. The number of hydrogen-bond acceptors (Lipinski definition) is 7. The van der Waals surface area contributed by atoms with Gasteiger partial charge in [0, 0.05) is 43.2 Å². The van der Waals surface area contributed by atoms with Gasteiger partial charge >= 0.3 is 0 Å². The van der Waals surface area contributed by atoms with Crippen LogP contribution in [0, 0.1) is 11.8 Å². The lowest BCUT2D eigenvalue weighted by molar-refractivity contribution is -0.0111. The van der Waals surface area contributed by atoms with E-state index in [1.807, 2.05) is 30.9 Å². The Kier molecular flexibility index (Phi) is 8.03. The molecule has 2 aromatic rings. The standard InChI is InChI=1S/C26H41N5O3/c1-17(2)16-31(19-11-18(12-27-13-19)26(6,7)33)23(32)21-15-29-24(25(3,4)5)30-22(21)28-14-20-9-8-10-34-20/h8-10,15,17-19,27,33H,11-14,16H2,1-7H3,(H,28,29,30). The second-order valence-electron chi connectivity index (χ2n) is 11.4. The Morgan fingerprint density at radius 1 is 1.29 bits per heavy atom. The second kappa shape index (κ2) is 10.4. The summed E-state index contributed by atoms with van der Waals surface area (Å²) in [5.74, 6) is 2.20. The largest absolute Gasteiger partial charge is 0.467 e. The third kappa shape index (κ3) is 6.57. The minimum Gasteiger partial charge on any atom is -0.467 e. The highest BCUT2D eigenvalue weighted by atomic mass is 16.3. The van der Waals surface area contributed by atoms with Gasteiger partial charge in [0.2, 0.25) is 0 Å². The first-order valence-corrected chi connectivity index (χ1v) is 12.2. The third-order valence-corrected chi connectivity index (χ3v) is 6.29. The molecule has 34 heavy (non-hydrogen) atoms. The number of carbonyl (C=O) groups excluding carboxylic acids is 1. The predicted molar refractivity (Wildman–Crippen MR) is 134 cm³/mol. The summed E-state index contributed by atoms with van der Waals surface area (Å²) in [7, 11) is 0. The summed E-state index contributed by atoms with van der Waals surface area (Å²) in [4.78, 5) is 25.2. The number of rotatable bonds is 8. The van der Waals surface area contributed by atoms with E-state index in [0.29, 0.717) is 42.8 Å². The Balaban J connectivity index is 1.94. The van der Waals surface area contributed by atoms with Crippen molar-refractivity contribution in [3.05, 3.63) is 41.7 Å². The minimum absolute atomic E-state index is 0.0275. The quantitative estimate of drug-likeness (QED) is 0.538. The molecule has 2 atom stereocenters. The van der Waals surface area contributed by atoms with E-state index in [1.165, 1.54) is 0 Å². The van der Waals surface area contributed by atoms with E-state index in [4.69, 9.17) is 9.40 Å². The number of carbonyl (C=O) groups is 1. The van der Waals surface area contributed by atoms with Gasteiger partial charge in [0.05, 0.1) is 18.4 Å². The van der Waals surface area contributed by atoms with Crippen LogP contribution in [0.4, 0.5) is 5.82 Å². The van der Waals surface area contributed by atoms with Crippen molar-refractivity contribution in [1.29, 1.82) is 0 Å². The molecule has 0 aromatic carbocycles. The SMILES string of the molecule is CC(C)CN(C(=O)c1cnc(C(C)(C)C)nc1NCc1ccco1)C1CNCC(C(C)(C)O)C1. The van der Waals surface area contributed by atoms with E-state index < -0.39 is 5.60 Å². The van der Waals surface area contributed by atoms with Gasteiger partial charge in [-0.1, -0.05) is 34.6 Å². The van der Waals surface area contributed by atoms with E-state index in [0.717, 1.165) is 18.7 Å². The van der Waals surface area contributed by atoms with Gasteiger partial charge in [0.15, 0.2) is 0 Å². The first-order valence-electron chi connectivity index (χ1n) is 12.2. The number of anilines is 1. The molecular weight excluding hydrogens is 430 g/mol. The van der Waals surface area contributed by atoms with E-state index in [2.05, 4.69) is 50.2 Å². The first-order chi connectivity index (χ1) is 15.9. The second-order valence-corrected chi connectivity index (χ2v) is 11.4. The molecule has 3 rings (SSSR count). The Bertz CT molecular complexity index is 944. The molecule has 8 nitrogen and oxygen atoms in total. The topological polar surface area (TPSA) is 104 Å². The van der Waals surface area contributed by atoms with Crippen LogP contribution in [0.1, 0.15) is 76.8 Å². The molecule has 0 saturated carbocycles. The molecule has 1 amide bonds. The van der Waals surface area contributed by atoms with Crippen LogP contribution < -0.4 is 10.6 Å². The zero-order valence-corrected chi connectivity index (χ0v) is 21.7. The summed E-state index contributed by atoms with van der Waals surface area (Å²) >= 11 is 0. The number of aromatic nitrogens is 2. The normalized spacial score (nSPS) is 19.3. The fourth-order valence-corrected chi connectivity index (χ4v) is 4.26. The maximum atomic E-state index is 14.0. The Hall–Kier alpha value is -2.45. The highest BCUT2D eigenvalue weighted by Crippen LogP contribution is 2.29. The molecule has 0 spiro atoms. The molecule has 2 aromatic heterocycles. The fraction of sp³-hybridized carbons (Fsp3) is 0.654. The van der Waals surface area contributed by atoms with Crippen molar-refractivity contribution in [1.82, 2.24) is 20.2 Å². The molecule has 1 fully saturated rings. The van der Waals surface area contributed by atoms with Crippen molar-refractivity contribution in [2.75, 3.05) is 25.0 Å². The monoisotopic (exact) mass is 471 g/mol. The molecular formula is C26H41N5O3. The first kappa shape index (κ1) is 26.2. The summed E-state index contributed by atoms with van der Waals surface area (Å²) in [6.45, 7) is 16.5. The van der Waals surface area contributed by atoms with Crippen LogP contribution in [0.3, 0.4) is 0 Å². The summed E-state index contributed by atoms with van der Waals surface area (Å²) in [6, 6.07) is 3.69. The molecule has 2 unspecified atom stereocenters. The maximum Gasteiger partial charge on any atom is 0.259 e. The van der Waals surface area contributed by atoms with Crippen molar-refractivity contribution in [2.24, 2.45) is 11.8 Å².